The average Bonchev–Trinajstić information content (AvgIpc) is 2.10. The maximum Gasteiger partial charge on any atom is 0.0264 e. The van der Waals surface area contributed by atoms with Crippen molar-refractivity contribution < 1.29 is 0 Å². The van der Waals surface area contributed by atoms with Crippen molar-refractivity contribution in [3.8, 4) is 0 Å². The number of rotatable bonds is 4. The Morgan fingerprint density at radius 1 is 1.64 bits per heavy atom. The van der Waals surface area contributed by atoms with Gasteiger partial charge in [0, 0.05) is 6.04 Å². The summed E-state index contributed by atoms with van der Waals surface area (Å²) in [5, 5.41) is 0. The fourth-order valence-corrected chi connectivity index (χ4v) is 1.76. The largest absolute Gasteiger partial charge is 0.324 e. The van der Waals surface area contributed by atoms with Gasteiger partial charge < -0.3 is 5.73 Å². The smallest absolute Gasteiger partial charge is 0.0264 e. The van der Waals surface area contributed by atoms with E-state index in [0.29, 0.717) is 0 Å². The molecule has 0 fully saturated rings. The van der Waals surface area contributed by atoms with Crippen LogP contribution >= 0.6 is 0 Å². The first-order valence-electron chi connectivity index (χ1n) is 5.37. The lowest BCUT2D eigenvalue weighted by Gasteiger charge is -2.17. The standard InChI is InChI=1S/C13H21N/c1-10(2)5-4-6-12-9-13(14)8-7-11(12)3/h7,9,13H,1,4-6,8,14H2,2-3H3/t13-/m0/s1. The zero-order valence-corrected chi connectivity index (χ0v) is 9.34. The van der Waals surface area contributed by atoms with Crippen molar-refractivity contribution in [1.82, 2.24) is 0 Å². The van der Waals surface area contributed by atoms with Crippen LogP contribution in [0.2, 0.25) is 0 Å². The van der Waals surface area contributed by atoms with E-state index in [2.05, 4.69) is 32.6 Å². The minimum absolute atomic E-state index is 0.235. The summed E-state index contributed by atoms with van der Waals surface area (Å²) in [7, 11) is 0. The SMILES string of the molecule is C=C(C)CCCC1=C[C@@H](N)CC=C1C. The van der Waals surface area contributed by atoms with E-state index in [4.69, 9.17) is 5.73 Å². The molecular weight excluding hydrogens is 170 g/mol. The van der Waals surface area contributed by atoms with Crippen LogP contribution in [0.5, 0.6) is 0 Å². The molecule has 2 N–H and O–H groups in total. The van der Waals surface area contributed by atoms with Crippen molar-refractivity contribution in [2.45, 2.75) is 45.6 Å². The van der Waals surface area contributed by atoms with E-state index in [0.717, 1.165) is 19.3 Å². The van der Waals surface area contributed by atoms with Gasteiger partial charge in [-0.25, -0.2) is 0 Å². The van der Waals surface area contributed by atoms with Gasteiger partial charge in [-0.15, -0.1) is 6.58 Å². The Morgan fingerprint density at radius 2 is 2.36 bits per heavy atom. The number of allylic oxidation sites excluding steroid dienone is 3. The maximum atomic E-state index is 5.88. The summed E-state index contributed by atoms with van der Waals surface area (Å²) in [4.78, 5) is 0. The van der Waals surface area contributed by atoms with Crippen LogP contribution in [0.1, 0.15) is 39.5 Å². The highest BCUT2D eigenvalue weighted by Gasteiger charge is 2.08. The lowest BCUT2D eigenvalue weighted by molar-refractivity contribution is 0.759. The molecule has 0 spiro atoms. The van der Waals surface area contributed by atoms with E-state index in [1.54, 1.807) is 0 Å². The Bertz CT molecular complexity index is 271. The molecule has 1 rings (SSSR count). The predicted octanol–water partition coefficient (Wildman–Crippen LogP) is 3.34. The van der Waals surface area contributed by atoms with Crippen LogP contribution in [0, 0.1) is 0 Å². The molecule has 1 aliphatic carbocycles. The first kappa shape index (κ1) is 11.3. The van der Waals surface area contributed by atoms with Crippen molar-refractivity contribution in [3.05, 3.63) is 35.5 Å². The van der Waals surface area contributed by atoms with Crippen molar-refractivity contribution in [2.24, 2.45) is 5.73 Å². The fourth-order valence-electron chi connectivity index (χ4n) is 1.76. The summed E-state index contributed by atoms with van der Waals surface area (Å²) in [6, 6.07) is 0.235. The molecule has 0 aromatic rings. The number of hydrogen-bond donors (Lipinski definition) is 1. The van der Waals surface area contributed by atoms with E-state index in [1.807, 2.05) is 0 Å². The molecule has 1 atom stereocenters. The zero-order valence-electron chi connectivity index (χ0n) is 9.34. The molecule has 0 saturated heterocycles. The molecule has 0 unspecified atom stereocenters. The van der Waals surface area contributed by atoms with E-state index >= 15 is 0 Å². The lowest BCUT2D eigenvalue weighted by atomic mass is 9.92. The van der Waals surface area contributed by atoms with Crippen molar-refractivity contribution in [1.29, 1.82) is 0 Å². The second kappa shape index (κ2) is 5.16. The molecule has 1 aliphatic rings. The second-order valence-electron chi connectivity index (χ2n) is 4.29. The molecular formula is C13H21N. The lowest BCUT2D eigenvalue weighted by Crippen LogP contribution is -2.19. The van der Waals surface area contributed by atoms with Crippen molar-refractivity contribution in [2.75, 3.05) is 0 Å². The highest BCUT2D eigenvalue weighted by Crippen LogP contribution is 2.23. The third kappa shape index (κ3) is 3.51. The van der Waals surface area contributed by atoms with Crippen LogP contribution in [0.25, 0.3) is 0 Å². The zero-order chi connectivity index (χ0) is 10.6. The fraction of sp³-hybridized carbons (Fsp3) is 0.538. The Labute approximate surface area is 87.4 Å². The number of nitrogens with two attached hydrogens (primary N) is 1. The third-order valence-electron chi connectivity index (χ3n) is 2.67. The molecule has 14 heavy (non-hydrogen) atoms. The van der Waals surface area contributed by atoms with Gasteiger partial charge in [0.2, 0.25) is 0 Å². The molecule has 1 nitrogen and oxygen atoms in total. The molecule has 1 heteroatoms. The maximum absolute atomic E-state index is 5.88. The Balaban J connectivity index is 2.42. The van der Waals surface area contributed by atoms with Crippen LogP contribution in [-0.2, 0) is 0 Å². The van der Waals surface area contributed by atoms with Crippen molar-refractivity contribution >= 4 is 0 Å². The predicted molar refractivity (Wildman–Crippen MR) is 63.1 cm³/mol. The summed E-state index contributed by atoms with van der Waals surface area (Å²) in [6.07, 6.45) is 8.92. The first-order valence-corrected chi connectivity index (χ1v) is 5.37. The van der Waals surface area contributed by atoms with Crippen LogP contribution in [0.4, 0.5) is 0 Å². The van der Waals surface area contributed by atoms with E-state index < -0.39 is 0 Å². The summed E-state index contributed by atoms with van der Waals surface area (Å²) < 4.78 is 0. The third-order valence-corrected chi connectivity index (χ3v) is 2.67. The van der Waals surface area contributed by atoms with Gasteiger partial charge in [0.15, 0.2) is 0 Å². The monoisotopic (exact) mass is 191 g/mol. The van der Waals surface area contributed by atoms with Gasteiger partial charge in [0.25, 0.3) is 0 Å². The molecule has 0 amide bonds. The molecule has 0 heterocycles. The molecule has 78 valence electrons. The van der Waals surface area contributed by atoms with Crippen molar-refractivity contribution in [3.63, 3.8) is 0 Å². The minimum Gasteiger partial charge on any atom is -0.324 e. The molecule has 0 aliphatic heterocycles. The minimum atomic E-state index is 0.235. The topological polar surface area (TPSA) is 26.0 Å². The first-order chi connectivity index (χ1) is 6.59. The summed E-state index contributed by atoms with van der Waals surface area (Å²) >= 11 is 0. The van der Waals surface area contributed by atoms with Crippen LogP contribution < -0.4 is 5.73 Å². The van der Waals surface area contributed by atoms with Gasteiger partial charge in [0.1, 0.15) is 0 Å². The van der Waals surface area contributed by atoms with E-state index in [9.17, 15) is 0 Å². The summed E-state index contributed by atoms with van der Waals surface area (Å²) in [5.74, 6) is 0. The number of hydrogen-bond acceptors (Lipinski definition) is 1. The van der Waals surface area contributed by atoms with Gasteiger partial charge in [-0.3, -0.25) is 0 Å². The quantitative estimate of drug-likeness (QED) is 0.678. The normalized spacial score (nSPS) is 21.5. The molecule has 0 saturated carbocycles. The van der Waals surface area contributed by atoms with E-state index in [1.165, 1.54) is 23.1 Å². The molecule has 0 aromatic heterocycles. The van der Waals surface area contributed by atoms with E-state index in [-0.39, 0.29) is 6.04 Å². The van der Waals surface area contributed by atoms with Crippen LogP contribution in [0.3, 0.4) is 0 Å². The molecule has 0 bridgehead atoms. The van der Waals surface area contributed by atoms with Gasteiger partial charge in [-0.05, 0) is 45.1 Å². The van der Waals surface area contributed by atoms with Gasteiger partial charge in [-0.2, -0.15) is 0 Å². The van der Waals surface area contributed by atoms with Gasteiger partial charge in [-0.1, -0.05) is 23.3 Å². The summed E-state index contributed by atoms with van der Waals surface area (Å²) in [5.41, 5.74) is 10.00. The Morgan fingerprint density at radius 3 is 3.00 bits per heavy atom. The molecule has 0 radical (unpaired) electrons. The highest BCUT2D eigenvalue weighted by atomic mass is 14.6. The second-order valence-corrected chi connectivity index (χ2v) is 4.29. The highest BCUT2D eigenvalue weighted by molar-refractivity contribution is 5.34. The van der Waals surface area contributed by atoms with Gasteiger partial charge >= 0.3 is 0 Å². The average molecular weight is 191 g/mol. The van der Waals surface area contributed by atoms with Crippen LogP contribution in [-0.4, -0.2) is 6.04 Å². The molecule has 0 aromatic carbocycles. The summed E-state index contributed by atoms with van der Waals surface area (Å²) in [6.45, 7) is 8.18. The Kier molecular flexibility index (Phi) is 4.15. The van der Waals surface area contributed by atoms with Gasteiger partial charge in [0.05, 0.1) is 0 Å². The van der Waals surface area contributed by atoms with Crippen LogP contribution in [0.15, 0.2) is 35.5 Å². The Hall–Kier alpha value is -0.820.